The number of hydrogen-bond donors (Lipinski definition) is 1. The molecule has 2 atom stereocenters. The van der Waals surface area contributed by atoms with Crippen LogP contribution in [0.4, 0.5) is 8.78 Å². The minimum atomic E-state index is -0.695. The summed E-state index contributed by atoms with van der Waals surface area (Å²) in [4.78, 5) is 11.6. The number of amides is 1. The van der Waals surface area contributed by atoms with Crippen LogP contribution in [-0.4, -0.2) is 15.7 Å². The highest BCUT2D eigenvalue weighted by molar-refractivity contribution is 5.93. The largest absolute Gasteiger partial charge is 0.364 e. The molecule has 1 fully saturated rings. The third kappa shape index (κ3) is 1.65. The normalized spacial score (nSPS) is 22.6. The first-order valence-electron chi connectivity index (χ1n) is 6.94. The number of benzene rings is 1. The number of carbonyl (C=O) groups excluding carboxylic acids is 1. The van der Waals surface area contributed by atoms with E-state index in [1.54, 1.807) is 0 Å². The van der Waals surface area contributed by atoms with Crippen molar-refractivity contribution in [3.8, 4) is 5.69 Å². The smallest absolute Gasteiger partial charge is 0.269 e. The Hall–Kier alpha value is -2.24. The zero-order valence-corrected chi connectivity index (χ0v) is 11.1. The van der Waals surface area contributed by atoms with Gasteiger partial charge >= 0.3 is 0 Å². The Bertz CT molecular complexity index is 769. The maximum absolute atomic E-state index is 14.0. The van der Waals surface area contributed by atoms with Crippen molar-refractivity contribution in [1.29, 1.82) is 0 Å². The van der Waals surface area contributed by atoms with Gasteiger partial charge in [0.1, 0.15) is 11.5 Å². The van der Waals surface area contributed by atoms with Gasteiger partial charge in [-0.05, 0) is 37.3 Å². The highest BCUT2D eigenvalue weighted by atomic mass is 19.1. The second-order valence-electron chi connectivity index (χ2n) is 5.73. The lowest BCUT2D eigenvalue weighted by molar-refractivity contribution is 0.0994. The highest BCUT2D eigenvalue weighted by Crippen LogP contribution is 2.54. The first kappa shape index (κ1) is 12.5. The van der Waals surface area contributed by atoms with Crippen LogP contribution >= 0.6 is 0 Å². The first-order chi connectivity index (χ1) is 10.1. The third-order valence-electron chi connectivity index (χ3n) is 4.56. The minimum absolute atomic E-state index is 0.160. The molecule has 2 aliphatic carbocycles. The zero-order valence-electron chi connectivity index (χ0n) is 11.1. The number of aromatic nitrogens is 2. The van der Waals surface area contributed by atoms with E-state index in [9.17, 15) is 13.6 Å². The lowest BCUT2D eigenvalue weighted by Crippen LogP contribution is -2.15. The van der Waals surface area contributed by atoms with E-state index in [0.717, 1.165) is 36.6 Å². The lowest BCUT2D eigenvalue weighted by atomic mass is 9.95. The molecule has 0 saturated heterocycles. The molecule has 0 radical (unpaired) electrons. The van der Waals surface area contributed by atoms with Crippen molar-refractivity contribution in [1.82, 2.24) is 9.78 Å². The molecule has 0 unspecified atom stereocenters. The molecule has 108 valence electrons. The number of carbonyl (C=O) groups is 1. The van der Waals surface area contributed by atoms with Gasteiger partial charge in [0.15, 0.2) is 11.5 Å². The van der Waals surface area contributed by atoms with Crippen LogP contribution in [-0.2, 0) is 0 Å². The van der Waals surface area contributed by atoms with Crippen molar-refractivity contribution >= 4 is 5.91 Å². The van der Waals surface area contributed by atoms with Gasteiger partial charge in [0.25, 0.3) is 5.91 Å². The molecule has 21 heavy (non-hydrogen) atoms. The molecule has 1 aromatic heterocycles. The number of rotatable bonds is 2. The molecule has 4 rings (SSSR count). The van der Waals surface area contributed by atoms with E-state index >= 15 is 0 Å². The van der Waals surface area contributed by atoms with Gasteiger partial charge in [0.05, 0.1) is 5.69 Å². The van der Waals surface area contributed by atoms with E-state index in [2.05, 4.69) is 5.10 Å². The average molecular weight is 289 g/mol. The molecule has 6 heteroatoms. The highest BCUT2D eigenvalue weighted by Gasteiger charge is 2.44. The van der Waals surface area contributed by atoms with Gasteiger partial charge in [0, 0.05) is 17.5 Å². The predicted molar refractivity (Wildman–Crippen MR) is 71.3 cm³/mol. The summed E-state index contributed by atoms with van der Waals surface area (Å²) in [7, 11) is 0. The van der Waals surface area contributed by atoms with E-state index in [4.69, 9.17) is 5.73 Å². The van der Waals surface area contributed by atoms with Crippen LogP contribution < -0.4 is 5.73 Å². The quantitative estimate of drug-likeness (QED) is 0.923. The molecule has 2 N–H and O–H groups in total. The number of hydrogen-bond acceptors (Lipinski definition) is 2. The van der Waals surface area contributed by atoms with Crippen molar-refractivity contribution in [2.75, 3.05) is 0 Å². The molecule has 2 aromatic rings. The summed E-state index contributed by atoms with van der Waals surface area (Å²) in [5.41, 5.74) is 7.52. The Labute approximate surface area is 119 Å². The second kappa shape index (κ2) is 4.13. The molecule has 2 bridgehead atoms. The van der Waals surface area contributed by atoms with Crippen molar-refractivity contribution in [3.63, 3.8) is 0 Å². The van der Waals surface area contributed by atoms with Crippen LogP contribution in [0.15, 0.2) is 18.2 Å². The van der Waals surface area contributed by atoms with Gasteiger partial charge in [0.2, 0.25) is 0 Å². The van der Waals surface area contributed by atoms with E-state index < -0.39 is 17.5 Å². The molecule has 1 heterocycles. The van der Waals surface area contributed by atoms with E-state index in [1.165, 1.54) is 16.8 Å². The average Bonchev–Trinajstić information content (AvgIpc) is 3.09. The number of nitrogens with zero attached hydrogens (tertiary/aromatic N) is 2. The summed E-state index contributed by atoms with van der Waals surface area (Å²) in [5.74, 6) is -1.38. The molecule has 1 amide bonds. The van der Waals surface area contributed by atoms with Gasteiger partial charge < -0.3 is 5.73 Å². The number of fused-ring (bicyclic) bond motifs is 5. The maximum Gasteiger partial charge on any atom is 0.269 e. The Morgan fingerprint density at radius 2 is 2.05 bits per heavy atom. The summed E-state index contributed by atoms with van der Waals surface area (Å²) in [6, 6.07) is 3.35. The van der Waals surface area contributed by atoms with Gasteiger partial charge in [-0.2, -0.15) is 5.10 Å². The molecule has 0 aliphatic heterocycles. The topological polar surface area (TPSA) is 60.9 Å². The minimum Gasteiger partial charge on any atom is -0.364 e. The fourth-order valence-corrected chi connectivity index (χ4v) is 3.75. The monoisotopic (exact) mass is 289 g/mol. The van der Waals surface area contributed by atoms with Crippen LogP contribution in [0, 0.1) is 11.6 Å². The van der Waals surface area contributed by atoms with Gasteiger partial charge in [-0.15, -0.1) is 0 Å². The van der Waals surface area contributed by atoms with Crippen LogP contribution in [0.2, 0.25) is 0 Å². The number of halogens is 2. The maximum atomic E-state index is 14.0. The fourth-order valence-electron chi connectivity index (χ4n) is 3.75. The molecular weight excluding hydrogens is 276 g/mol. The molecule has 4 nitrogen and oxygen atoms in total. The summed E-state index contributed by atoms with van der Waals surface area (Å²) in [6.07, 6.45) is 2.97. The van der Waals surface area contributed by atoms with Crippen LogP contribution in [0.1, 0.15) is 52.8 Å². The Morgan fingerprint density at radius 1 is 1.29 bits per heavy atom. The van der Waals surface area contributed by atoms with E-state index in [1.807, 2.05) is 0 Å². The van der Waals surface area contributed by atoms with Crippen molar-refractivity contribution in [3.05, 3.63) is 46.8 Å². The Morgan fingerprint density at radius 3 is 2.76 bits per heavy atom. The van der Waals surface area contributed by atoms with Crippen molar-refractivity contribution in [2.45, 2.75) is 31.1 Å². The second-order valence-corrected chi connectivity index (χ2v) is 5.73. The van der Waals surface area contributed by atoms with Gasteiger partial charge in [-0.3, -0.25) is 4.79 Å². The van der Waals surface area contributed by atoms with Crippen LogP contribution in [0.25, 0.3) is 5.69 Å². The molecular formula is C15H13F2N3O. The SMILES string of the molecule is NC(=O)c1nn(-c2ccc(F)cc2F)c2c1[C@H]1CC[C@@H]2C1. The first-order valence-corrected chi connectivity index (χ1v) is 6.94. The third-order valence-corrected chi connectivity index (χ3v) is 4.56. The summed E-state index contributed by atoms with van der Waals surface area (Å²) in [5, 5.41) is 4.21. The summed E-state index contributed by atoms with van der Waals surface area (Å²) >= 11 is 0. The predicted octanol–water partition coefficient (Wildman–Crippen LogP) is 2.61. The van der Waals surface area contributed by atoms with E-state index in [0.29, 0.717) is 0 Å². The number of primary amides is 1. The molecule has 1 aromatic carbocycles. The Kier molecular flexibility index (Phi) is 2.46. The number of nitrogens with two attached hydrogens (primary N) is 1. The lowest BCUT2D eigenvalue weighted by Gasteiger charge is -2.14. The van der Waals surface area contributed by atoms with Crippen LogP contribution in [0.5, 0.6) is 0 Å². The van der Waals surface area contributed by atoms with E-state index in [-0.39, 0.29) is 23.2 Å². The summed E-state index contributed by atoms with van der Waals surface area (Å²) < 4.78 is 28.6. The fraction of sp³-hybridized carbons (Fsp3) is 0.333. The van der Waals surface area contributed by atoms with Gasteiger partial charge in [-0.1, -0.05) is 0 Å². The van der Waals surface area contributed by atoms with Crippen molar-refractivity contribution < 1.29 is 13.6 Å². The molecule has 1 saturated carbocycles. The zero-order chi connectivity index (χ0) is 14.7. The van der Waals surface area contributed by atoms with Crippen molar-refractivity contribution in [2.24, 2.45) is 5.73 Å². The summed E-state index contributed by atoms with van der Waals surface area (Å²) in [6.45, 7) is 0. The Balaban J connectivity index is 1.97. The van der Waals surface area contributed by atoms with Crippen LogP contribution in [0.3, 0.4) is 0 Å². The standard InChI is InChI=1S/C15H13F2N3O/c16-9-3-4-11(10(17)6-9)20-14-8-2-1-7(5-8)12(14)13(19-20)15(18)21/h3-4,6-8H,1-2,5H2,(H2,18,21)/t7-,8+/m0/s1. The van der Waals surface area contributed by atoms with Gasteiger partial charge in [-0.25, -0.2) is 13.5 Å². The molecule has 0 spiro atoms. The molecule has 2 aliphatic rings.